The normalized spacial score (nSPS) is 10.6. The second-order valence-electron chi connectivity index (χ2n) is 3.68. The van der Waals surface area contributed by atoms with Gasteiger partial charge in [-0.25, -0.2) is 8.78 Å². The van der Waals surface area contributed by atoms with Crippen LogP contribution in [-0.4, -0.2) is 26.6 Å². The molecule has 2 aromatic rings. The number of ether oxygens (including phenoxy) is 2. The van der Waals surface area contributed by atoms with E-state index >= 15 is 0 Å². The number of hydrogen-bond acceptors (Lipinski definition) is 2. The summed E-state index contributed by atoms with van der Waals surface area (Å²) in [6, 6.07) is 10.9. The van der Waals surface area contributed by atoms with Gasteiger partial charge in [0.15, 0.2) is 0 Å². The van der Waals surface area contributed by atoms with Gasteiger partial charge in [0.05, 0.1) is 0 Å². The molecule has 0 heterocycles. The molecular weight excluding hydrogens is 238 g/mol. The molecule has 0 aromatic heterocycles. The summed E-state index contributed by atoms with van der Waals surface area (Å²) in [6.07, 6.45) is 0. The maximum absolute atomic E-state index is 12.1. The van der Waals surface area contributed by atoms with E-state index in [-0.39, 0.29) is 13.2 Å². The van der Waals surface area contributed by atoms with E-state index in [1.807, 2.05) is 12.1 Å². The molecule has 0 N–H and O–H groups in total. The second-order valence-corrected chi connectivity index (χ2v) is 3.68. The fourth-order valence-electron chi connectivity index (χ4n) is 1.80. The molecule has 2 nitrogen and oxygen atoms in total. The Morgan fingerprint density at radius 1 is 0.722 bits per heavy atom. The van der Waals surface area contributed by atoms with Crippen molar-refractivity contribution < 1.29 is 18.3 Å². The van der Waals surface area contributed by atoms with E-state index in [2.05, 4.69) is 0 Å². The Labute approximate surface area is 104 Å². The molecule has 0 saturated carbocycles. The highest BCUT2D eigenvalue weighted by Crippen LogP contribution is 2.32. The van der Waals surface area contributed by atoms with Gasteiger partial charge in [0.1, 0.15) is 38.1 Å². The summed E-state index contributed by atoms with van der Waals surface area (Å²) >= 11 is 0. The van der Waals surface area contributed by atoms with Crippen LogP contribution in [-0.2, 0) is 0 Å². The van der Waals surface area contributed by atoms with Crippen molar-refractivity contribution in [2.45, 2.75) is 0 Å². The van der Waals surface area contributed by atoms with Crippen LogP contribution < -0.4 is 9.47 Å². The molecule has 0 amide bonds. The number of fused-ring (bicyclic) bond motifs is 1. The van der Waals surface area contributed by atoms with Gasteiger partial charge in [0.25, 0.3) is 0 Å². The van der Waals surface area contributed by atoms with Crippen molar-refractivity contribution >= 4 is 10.8 Å². The van der Waals surface area contributed by atoms with Crippen molar-refractivity contribution in [3.63, 3.8) is 0 Å². The Hall–Kier alpha value is -1.84. The Balaban J connectivity index is 2.37. The van der Waals surface area contributed by atoms with E-state index in [1.54, 1.807) is 24.3 Å². The molecule has 2 aromatic carbocycles. The van der Waals surface area contributed by atoms with Crippen LogP contribution in [0.2, 0.25) is 0 Å². The summed E-state index contributed by atoms with van der Waals surface area (Å²) in [6.45, 7) is -1.02. The minimum Gasteiger partial charge on any atom is -0.490 e. The van der Waals surface area contributed by atoms with Gasteiger partial charge < -0.3 is 9.47 Å². The maximum atomic E-state index is 12.1. The lowest BCUT2D eigenvalue weighted by Gasteiger charge is -2.11. The van der Waals surface area contributed by atoms with E-state index in [4.69, 9.17) is 9.47 Å². The van der Waals surface area contributed by atoms with Gasteiger partial charge in [-0.3, -0.25) is 0 Å². The predicted octanol–water partition coefficient (Wildman–Crippen LogP) is 3.54. The molecule has 0 aliphatic heterocycles. The van der Waals surface area contributed by atoms with Crippen LogP contribution in [0.3, 0.4) is 0 Å². The molecule has 0 aliphatic carbocycles. The first-order chi connectivity index (χ1) is 8.86. The molecule has 0 bridgehead atoms. The lowest BCUT2D eigenvalue weighted by atomic mass is 10.1. The zero-order valence-corrected chi connectivity index (χ0v) is 9.86. The van der Waals surface area contributed by atoms with Gasteiger partial charge in [-0.1, -0.05) is 24.3 Å². The highest BCUT2D eigenvalue weighted by molar-refractivity contribution is 5.93. The van der Waals surface area contributed by atoms with Gasteiger partial charge in [0.2, 0.25) is 0 Å². The van der Waals surface area contributed by atoms with Crippen LogP contribution in [0.4, 0.5) is 8.78 Å². The van der Waals surface area contributed by atoms with E-state index in [0.29, 0.717) is 11.5 Å². The number of halogens is 2. The summed E-state index contributed by atoms with van der Waals surface area (Å²) in [7, 11) is 0. The van der Waals surface area contributed by atoms with Crippen molar-refractivity contribution in [2.75, 3.05) is 26.6 Å². The first-order valence-corrected chi connectivity index (χ1v) is 5.76. The van der Waals surface area contributed by atoms with E-state index < -0.39 is 13.3 Å². The molecule has 0 saturated heterocycles. The maximum Gasteiger partial charge on any atom is 0.127 e. The van der Waals surface area contributed by atoms with Crippen LogP contribution in [0.25, 0.3) is 10.8 Å². The standard InChI is InChI=1S/C14H14F2O2/c15-7-9-17-13-5-1-3-11-12(13)4-2-6-14(11)18-10-8-16/h1-6H,7-10H2. The van der Waals surface area contributed by atoms with Gasteiger partial charge in [-0.05, 0) is 12.1 Å². The van der Waals surface area contributed by atoms with Crippen LogP contribution in [0, 0.1) is 0 Å². The van der Waals surface area contributed by atoms with E-state index in [1.165, 1.54) is 0 Å². The first-order valence-electron chi connectivity index (χ1n) is 5.76. The van der Waals surface area contributed by atoms with Crippen molar-refractivity contribution in [1.82, 2.24) is 0 Å². The Kier molecular flexibility index (Phi) is 4.34. The molecular formula is C14H14F2O2. The Morgan fingerprint density at radius 3 is 1.56 bits per heavy atom. The molecule has 2 rings (SSSR count). The number of rotatable bonds is 6. The molecule has 0 fully saturated rings. The zero-order chi connectivity index (χ0) is 12.8. The summed E-state index contributed by atoms with van der Waals surface area (Å²) < 4.78 is 34.9. The highest BCUT2D eigenvalue weighted by atomic mass is 19.1. The van der Waals surface area contributed by atoms with Crippen molar-refractivity contribution in [2.24, 2.45) is 0 Å². The van der Waals surface area contributed by atoms with E-state index in [9.17, 15) is 8.78 Å². The minimum atomic E-state index is -0.533. The summed E-state index contributed by atoms with van der Waals surface area (Å²) in [5.41, 5.74) is 0. The predicted molar refractivity (Wildman–Crippen MR) is 66.9 cm³/mol. The lowest BCUT2D eigenvalue weighted by molar-refractivity contribution is 0.273. The monoisotopic (exact) mass is 252 g/mol. The molecule has 96 valence electrons. The molecule has 0 unspecified atom stereocenters. The van der Waals surface area contributed by atoms with Gasteiger partial charge in [-0.15, -0.1) is 0 Å². The molecule has 4 heteroatoms. The lowest BCUT2D eigenvalue weighted by Crippen LogP contribution is -2.01. The van der Waals surface area contributed by atoms with Crippen LogP contribution >= 0.6 is 0 Å². The highest BCUT2D eigenvalue weighted by Gasteiger charge is 2.06. The number of benzene rings is 2. The van der Waals surface area contributed by atoms with Gasteiger partial charge >= 0.3 is 0 Å². The van der Waals surface area contributed by atoms with Crippen molar-refractivity contribution in [1.29, 1.82) is 0 Å². The summed E-state index contributed by atoms with van der Waals surface area (Å²) in [5, 5.41) is 1.67. The number of hydrogen-bond donors (Lipinski definition) is 0. The second kappa shape index (κ2) is 6.19. The SMILES string of the molecule is FCCOc1cccc2c(OCCF)cccc12. The Bertz CT molecular complexity index is 467. The fourth-order valence-corrected chi connectivity index (χ4v) is 1.80. The molecule has 18 heavy (non-hydrogen) atoms. The summed E-state index contributed by atoms with van der Waals surface area (Å²) in [4.78, 5) is 0. The van der Waals surface area contributed by atoms with Crippen LogP contribution in [0.15, 0.2) is 36.4 Å². The van der Waals surface area contributed by atoms with Crippen molar-refractivity contribution in [3.05, 3.63) is 36.4 Å². The fraction of sp³-hybridized carbons (Fsp3) is 0.286. The minimum absolute atomic E-state index is 0.0225. The molecule has 0 atom stereocenters. The molecule has 0 aliphatic rings. The van der Waals surface area contributed by atoms with Gasteiger partial charge in [0, 0.05) is 10.8 Å². The van der Waals surface area contributed by atoms with Gasteiger partial charge in [-0.2, -0.15) is 0 Å². The quantitative estimate of drug-likeness (QED) is 0.783. The van der Waals surface area contributed by atoms with Crippen LogP contribution in [0.1, 0.15) is 0 Å². The Morgan fingerprint density at radius 2 is 1.17 bits per heavy atom. The third-order valence-corrected chi connectivity index (χ3v) is 2.51. The average molecular weight is 252 g/mol. The topological polar surface area (TPSA) is 18.5 Å². The first kappa shape index (κ1) is 12.6. The van der Waals surface area contributed by atoms with Crippen molar-refractivity contribution in [3.8, 4) is 11.5 Å². The van der Waals surface area contributed by atoms with Crippen LogP contribution in [0.5, 0.6) is 11.5 Å². The van der Waals surface area contributed by atoms with E-state index in [0.717, 1.165) is 10.8 Å². The zero-order valence-electron chi connectivity index (χ0n) is 9.86. The third-order valence-electron chi connectivity index (χ3n) is 2.51. The largest absolute Gasteiger partial charge is 0.490 e. The summed E-state index contributed by atoms with van der Waals surface area (Å²) in [5.74, 6) is 1.21. The number of alkyl halides is 2. The molecule has 0 radical (unpaired) electrons. The third kappa shape index (κ3) is 2.70. The smallest absolute Gasteiger partial charge is 0.127 e. The average Bonchev–Trinajstić information content (AvgIpc) is 2.42. The molecule has 0 spiro atoms.